The molecule has 0 unspecified atom stereocenters. The Morgan fingerprint density at radius 3 is 2.83 bits per heavy atom. The van der Waals surface area contributed by atoms with Gasteiger partial charge in [0.1, 0.15) is 0 Å². The SMILES string of the molecule is O=C(CSc1nnc2n(C3CCCCC3)c(=O)c3ccccc3n12)Nc1nccs1. The van der Waals surface area contributed by atoms with E-state index in [1.807, 2.05) is 38.6 Å². The predicted molar refractivity (Wildman–Crippen MR) is 118 cm³/mol. The third-order valence-corrected chi connectivity index (χ3v) is 6.99. The number of amides is 1. The standard InChI is InChI=1S/C20H20N6O2S2/c27-16(22-18-21-10-11-29-18)12-30-20-24-23-19-25(13-6-2-1-3-7-13)17(28)14-8-4-5-9-15(14)26(19)20/h4-5,8-11,13H,1-3,6-7,12H2,(H,21,22,27). The molecule has 10 heteroatoms. The highest BCUT2D eigenvalue weighted by Gasteiger charge is 2.24. The van der Waals surface area contributed by atoms with Crippen LogP contribution in [-0.4, -0.2) is 35.8 Å². The highest BCUT2D eigenvalue weighted by molar-refractivity contribution is 7.99. The molecule has 0 aliphatic heterocycles. The molecule has 1 aromatic carbocycles. The van der Waals surface area contributed by atoms with Gasteiger partial charge in [-0.1, -0.05) is 43.2 Å². The maximum absolute atomic E-state index is 13.3. The highest BCUT2D eigenvalue weighted by atomic mass is 32.2. The van der Waals surface area contributed by atoms with Crippen LogP contribution in [0.2, 0.25) is 0 Å². The topological polar surface area (TPSA) is 94.2 Å². The Kier molecular flexibility index (Phi) is 5.26. The molecule has 0 spiro atoms. The number of fused-ring (bicyclic) bond motifs is 3. The number of hydrogen-bond donors (Lipinski definition) is 1. The van der Waals surface area contributed by atoms with Gasteiger partial charge in [-0.3, -0.25) is 18.6 Å². The third-order valence-electron chi connectivity index (χ3n) is 5.38. The number of anilines is 1. The molecule has 0 bridgehead atoms. The number of thioether (sulfide) groups is 1. The predicted octanol–water partition coefficient (Wildman–Crippen LogP) is 3.74. The van der Waals surface area contributed by atoms with Gasteiger partial charge in [-0.25, -0.2) is 4.98 Å². The summed E-state index contributed by atoms with van der Waals surface area (Å²) in [5.41, 5.74) is 0.743. The average Bonchev–Trinajstić information content (AvgIpc) is 3.43. The largest absolute Gasteiger partial charge is 0.301 e. The van der Waals surface area contributed by atoms with Crippen LogP contribution in [0, 0.1) is 0 Å². The maximum atomic E-state index is 13.3. The molecule has 1 amide bonds. The zero-order valence-electron chi connectivity index (χ0n) is 16.2. The normalized spacial score (nSPS) is 15.1. The number of carbonyl (C=O) groups is 1. The number of benzene rings is 1. The van der Waals surface area contributed by atoms with Gasteiger partial charge in [0.2, 0.25) is 11.7 Å². The molecule has 3 aromatic heterocycles. The lowest BCUT2D eigenvalue weighted by molar-refractivity contribution is -0.113. The molecule has 1 aliphatic carbocycles. The molecule has 5 rings (SSSR count). The quantitative estimate of drug-likeness (QED) is 0.475. The number of carbonyl (C=O) groups excluding carboxylic acids is 1. The monoisotopic (exact) mass is 440 g/mol. The summed E-state index contributed by atoms with van der Waals surface area (Å²) in [6.45, 7) is 0. The number of rotatable bonds is 5. The fourth-order valence-corrected chi connectivity index (χ4v) is 5.32. The first-order valence-corrected chi connectivity index (χ1v) is 11.8. The van der Waals surface area contributed by atoms with Gasteiger partial charge in [0.25, 0.3) is 5.56 Å². The number of thiazole rings is 1. The second-order valence-corrected chi connectivity index (χ2v) is 9.11. The Bertz CT molecular complexity index is 1260. The lowest BCUT2D eigenvalue weighted by atomic mass is 9.95. The van der Waals surface area contributed by atoms with Gasteiger partial charge >= 0.3 is 0 Å². The number of nitrogens with one attached hydrogen (secondary N) is 1. The number of hydrogen-bond acceptors (Lipinski definition) is 7. The molecule has 0 atom stereocenters. The van der Waals surface area contributed by atoms with Gasteiger partial charge in [-0.2, -0.15) is 0 Å². The van der Waals surface area contributed by atoms with Crippen molar-refractivity contribution in [3.05, 3.63) is 46.2 Å². The van der Waals surface area contributed by atoms with Crippen LogP contribution in [0.3, 0.4) is 0 Å². The van der Waals surface area contributed by atoms with Crippen molar-refractivity contribution in [2.75, 3.05) is 11.1 Å². The smallest absolute Gasteiger partial charge is 0.263 e. The van der Waals surface area contributed by atoms with Crippen LogP contribution in [0.1, 0.15) is 38.1 Å². The van der Waals surface area contributed by atoms with Crippen molar-refractivity contribution < 1.29 is 4.79 Å². The van der Waals surface area contributed by atoms with E-state index in [1.54, 1.807) is 6.20 Å². The summed E-state index contributed by atoms with van der Waals surface area (Å²) >= 11 is 2.68. The number of aromatic nitrogens is 5. The average molecular weight is 441 g/mol. The van der Waals surface area contributed by atoms with E-state index in [4.69, 9.17) is 0 Å². The van der Waals surface area contributed by atoms with Gasteiger partial charge in [0.05, 0.1) is 16.7 Å². The Labute approximate surface area is 180 Å². The minimum atomic E-state index is -0.156. The van der Waals surface area contributed by atoms with Crippen molar-refractivity contribution in [3.63, 3.8) is 0 Å². The molecule has 4 aromatic rings. The summed E-state index contributed by atoms with van der Waals surface area (Å²) in [4.78, 5) is 29.7. The van der Waals surface area contributed by atoms with Crippen LogP contribution in [0.5, 0.6) is 0 Å². The molecule has 1 fully saturated rings. The molecule has 1 N–H and O–H groups in total. The van der Waals surface area contributed by atoms with Crippen molar-refractivity contribution in [1.29, 1.82) is 0 Å². The molecule has 1 aliphatic rings. The summed E-state index contributed by atoms with van der Waals surface area (Å²) in [7, 11) is 0. The number of para-hydroxylation sites is 1. The second kappa shape index (κ2) is 8.19. The van der Waals surface area contributed by atoms with Crippen molar-refractivity contribution in [1.82, 2.24) is 24.1 Å². The third kappa shape index (κ3) is 3.50. The summed E-state index contributed by atoms with van der Waals surface area (Å²) in [5.74, 6) is 0.571. The lowest BCUT2D eigenvalue weighted by Gasteiger charge is -2.24. The van der Waals surface area contributed by atoms with E-state index in [9.17, 15) is 9.59 Å². The van der Waals surface area contributed by atoms with Crippen LogP contribution in [0.4, 0.5) is 5.13 Å². The molecule has 3 heterocycles. The summed E-state index contributed by atoms with van der Waals surface area (Å²) < 4.78 is 3.72. The molecule has 8 nitrogen and oxygen atoms in total. The Morgan fingerprint density at radius 1 is 1.20 bits per heavy atom. The van der Waals surface area contributed by atoms with E-state index in [0.29, 0.717) is 21.5 Å². The van der Waals surface area contributed by atoms with Gasteiger partial charge in [-0.05, 0) is 25.0 Å². The minimum absolute atomic E-state index is 0.0181. The van der Waals surface area contributed by atoms with E-state index in [-0.39, 0.29) is 23.3 Å². The van der Waals surface area contributed by atoms with E-state index in [1.165, 1.54) is 29.5 Å². The Hall–Kier alpha value is -2.72. The molecular weight excluding hydrogens is 420 g/mol. The van der Waals surface area contributed by atoms with Crippen LogP contribution in [0.15, 0.2) is 45.8 Å². The van der Waals surface area contributed by atoms with E-state index >= 15 is 0 Å². The fourth-order valence-electron chi connectivity index (χ4n) is 4.03. The maximum Gasteiger partial charge on any atom is 0.263 e. The van der Waals surface area contributed by atoms with Crippen molar-refractivity contribution in [2.45, 2.75) is 43.3 Å². The summed E-state index contributed by atoms with van der Waals surface area (Å²) in [6.07, 6.45) is 7.03. The van der Waals surface area contributed by atoms with Crippen LogP contribution < -0.4 is 10.9 Å². The Morgan fingerprint density at radius 2 is 2.03 bits per heavy atom. The van der Waals surface area contributed by atoms with Crippen LogP contribution >= 0.6 is 23.1 Å². The first kappa shape index (κ1) is 19.3. The fraction of sp³-hybridized carbons (Fsp3) is 0.350. The van der Waals surface area contributed by atoms with Gasteiger partial charge in [0, 0.05) is 17.6 Å². The van der Waals surface area contributed by atoms with Gasteiger partial charge < -0.3 is 5.32 Å². The van der Waals surface area contributed by atoms with Crippen LogP contribution in [-0.2, 0) is 4.79 Å². The molecule has 0 radical (unpaired) electrons. The zero-order chi connectivity index (χ0) is 20.5. The molecule has 1 saturated carbocycles. The first-order valence-electron chi connectivity index (χ1n) is 9.93. The van der Waals surface area contributed by atoms with Crippen LogP contribution in [0.25, 0.3) is 16.7 Å². The highest BCUT2D eigenvalue weighted by Crippen LogP contribution is 2.30. The zero-order valence-corrected chi connectivity index (χ0v) is 17.8. The second-order valence-electron chi connectivity index (χ2n) is 7.28. The van der Waals surface area contributed by atoms with Gasteiger partial charge in [0.15, 0.2) is 10.3 Å². The molecule has 0 saturated heterocycles. The Balaban J connectivity index is 1.54. The summed E-state index contributed by atoms with van der Waals surface area (Å²) in [5, 5.41) is 15.1. The molecule has 30 heavy (non-hydrogen) atoms. The first-order chi connectivity index (χ1) is 14.7. The molecular formula is C20H20N6O2S2. The summed E-state index contributed by atoms with van der Waals surface area (Å²) in [6, 6.07) is 7.65. The van der Waals surface area contributed by atoms with E-state index in [2.05, 4.69) is 20.5 Å². The van der Waals surface area contributed by atoms with Crippen molar-refractivity contribution in [2.24, 2.45) is 0 Å². The van der Waals surface area contributed by atoms with Crippen molar-refractivity contribution in [3.8, 4) is 0 Å². The van der Waals surface area contributed by atoms with Gasteiger partial charge in [-0.15, -0.1) is 21.5 Å². The van der Waals surface area contributed by atoms with E-state index < -0.39 is 0 Å². The lowest BCUT2D eigenvalue weighted by Crippen LogP contribution is -2.28. The van der Waals surface area contributed by atoms with E-state index in [0.717, 1.165) is 31.2 Å². The number of nitrogens with zero attached hydrogens (tertiary/aromatic N) is 5. The minimum Gasteiger partial charge on any atom is -0.301 e. The molecule has 154 valence electrons. The van der Waals surface area contributed by atoms with Crippen molar-refractivity contribution >= 4 is 50.8 Å².